The second-order valence-corrected chi connectivity index (χ2v) is 0. The molecule has 12 heavy (non-hydrogen) atoms. The van der Waals surface area contributed by atoms with Gasteiger partial charge in [0, 0.05) is 31.0 Å². The predicted molar refractivity (Wildman–Crippen MR) is 50.9 cm³/mol. The summed E-state index contributed by atoms with van der Waals surface area (Å²) in [6, 6.07) is 0. The Labute approximate surface area is 89.6 Å². The second kappa shape index (κ2) is 69300. The molecule has 0 unspecified atom stereocenters. The quantitative estimate of drug-likeness (QED) is 0.382. The van der Waals surface area contributed by atoms with Gasteiger partial charge in [0.05, 0.1) is 0 Å². The Hall–Kier alpha value is 0.128. The van der Waals surface area contributed by atoms with Crippen molar-refractivity contribution in [1.82, 2.24) is 0 Å². The normalized spacial score (nSPS) is 1.33. The van der Waals surface area contributed by atoms with Crippen LogP contribution >= 0.6 is 0 Å². The Morgan fingerprint density at radius 3 is 0.500 bits per heavy atom. The molecular formula is C5H24O6Pt. The van der Waals surface area contributed by atoms with Gasteiger partial charge in [0.2, 0.25) is 0 Å². The van der Waals surface area contributed by atoms with Gasteiger partial charge in [-0.15, -0.1) is 0 Å². The molecule has 0 amide bonds. The predicted octanol–water partition coefficient (Wildman–Crippen LogP) is 3.28. The number of hydrogen-bond acceptors (Lipinski definition) is 6. The van der Waals surface area contributed by atoms with E-state index in [0.29, 0.717) is 0 Å². The van der Waals surface area contributed by atoms with Crippen molar-refractivity contribution in [3.8, 4) is 0 Å². The molecule has 0 radical (unpaired) electrons. The maximum Gasteiger partial charge on any atom is 0 e. The summed E-state index contributed by atoms with van der Waals surface area (Å²) < 4.78 is 0. The van der Waals surface area contributed by atoms with E-state index in [9.17, 15) is 0 Å². The average molecular weight is 375 g/mol. The Balaban J connectivity index is -0.00000000129. The van der Waals surface area contributed by atoms with Crippen LogP contribution in [-0.2, 0) is 21.1 Å². The van der Waals surface area contributed by atoms with E-state index in [-0.39, 0.29) is 58.2 Å². The maximum atomic E-state index is 7.00. The molecule has 0 aliphatic rings. The molecule has 0 saturated heterocycles. The van der Waals surface area contributed by atoms with Crippen LogP contribution in [0.5, 0.6) is 0 Å². The van der Waals surface area contributed by atoms with Gasteiger partial charge >= 0.3 is 0 Å². The largest absolute Gasteiger partial charge is 0.255 e. The van der Waals surface area contributed by atoms with Gasteiger partial charge in [-0.25, -0.2) is 0 Å². The van der Waals surface area contributed by atoms with Crippen molar-refractivity contribution in [2.24, 2.45) is 0 Å². The standard InChI is InChI=1S/5CH4.2H2O2.O2.Pt/c;;;;;3*1-2;/h5*1H4;2*1-2H;;. The molecule has 90 valence electrons. The smallest absolute Gasteiger partial charge is 0 e. The third-order valence-electron chi connectivity index (χ3n) is 0. The van der Waals surface area contributed by atoms with Crippen molar-refractivity contribution < 1.29 is 42.1 Å². The van der Waals surface area contributed by atoms with Crippen molar-refractivity contribution in [3.05, 3.63) is 9.93 Å². The molecule has 0 heterocycles. The van der Waals surface area contributed by atoms with Gasteiger partial charge in [-0.05, 0) is 0 Å². The van der Waals surface area contributed by atoms with Gasteiger partial charge < -0.3 is 0 Å². The summed E-state index contributed by atoms with van der Waals surface area (Å²) in [5, 5.41) is 24.0. The van der Waals surface area contributed by atoms with Crippen LogP contribution in [0.15, 0.2) is 0 Å². The first-order valence-corrected chi connectivity index (χ1v) is 0.567. The Bertz CT molecular complexity index is 15.9. The molecule has 6 nitrogen and oxygen atoms in total. The van der Waals surface area contributed by atoms with E-state index in [1.54, 1.807) is 0 Å². The van der Waals surface area contributed by atoms with Crippen LogP contribution in [0, 0.1) is 9.93 Å². The summed E-state index contributed by atoms with van der Waals surface area (Å²) >= 11 is 0. The Morgan fingerprint density at radius 2 is 0.500 bits per heavy atom. The zero-order chi connectivity index (χ0) is 6.00. The molecule has 0 aromatic rings. The van der Waals surface area contributed by atoms with E-state index < -0.39 is 0 Å². The van der Waals surface area contributed by atoms with Crippen LogP contribution < -0.4 is 0 Å². The van der Waals surface area contributed by atoms with Crippen LogP contribution in [0.3, 0.4) is 0 Å². The minimum absolute atomic E-state index is 0. The molecule has 4 N–H and O–H groups in total. The van der Waals surface area contributed by atoms with Gasteiger partial charge in [0.1, 0.15) is 0 Å². The van der Waals surface area contributed by atoms with Crippen molar-refractivity contribution in [3.63, 3.8) is 0 Å². The van der Waals surface area contributed by atoms with Crippen LogP contribution in [0.25, 0.3) is 0 Å². The zero-order valence-electron chi connectivity index (χ0n) is 2.92. The van der Waals surface area contributed by atoms with Crippen molar-refractivity contribution in [2.75, 3.05) is 0 Å². The molecule has 0 rings (SSSR count). The number of rotatable bonds is 0. The van der Waals surface area contributed by atoms with Crippen LogP contribution in [0.2, 0.25) is 0 Å². The minimum Gasteiger partial charge on any atom is -0.255 e. The SMILES string of the molecule is C.C.C.C.C.O=O.OO.OO.[Pt]. The molecule has 0 aliphatic carbocycles. The summed E-state index contributed by atoms with van der Waals surface area (Å²) in [5.41, 5.74) is 0. The fraction of sp³-hybridized carbons (Fsp3) is 1.00. The van der Waals surface area contributed by atoms with Gasteiger partial charge in [-0.3, -0.25) is 21.0 Å². The van der Waals surface area contributed by atoms with Crippen molar-refractivity contribution in [1.29, 1.82) is 0 Å². The summed E-state index contributed by atoms with van der Waals surface area (Å²) in [6.45, 7) is 0. The first-order chi connectivity index (χ1) is 3.00. The number of hydrogen-bond donors (Lipinski definition) is 4. The first kappa shape index (κ1) is 153. The molecule has 0 atom stereocenters. The third kappa shape index (κ3) is 51300. The van der Waals surface area contributed by atoms with E-state index in [4.69, 9.17) is 31.0 Å². The van der Waals surface area contributed by atoms with Crippen LogP contribution in [0.1, 0.15) is 37.1 Å². The zero-order valence-corrected chi connectivity index (χ0v) is 5.19. The van der Waals surface area contributed by atoms with E-state index in [0.717, 1.165) is 0 Å². The van der Waals surface area contributed by atoms with Gasteiger partial charge in [-0.1, -0.05) is 37.1 Å². The fourth-order valence-corrected chi connectivity index (χ4v) is 0. The van der Waals surface area contributed by atoms with Gasteiger partial charge in [-0.2, -0.15) is 0 Å². The molecular weight excluding hydrogens is 351 g/mol. The van der Waals surface area contributed by atoms with Crippen LogP contribution in [-0.4, -0.2) is 21.0 Å². The van der Waals surface area contributed by atoms with E-state index in [2.05, 4.69) is 0 Å². The summed E-state index contributed by atoms with van der Waals surface area (Å²) in [6.07, 6.45) is 0. The molecule has 0 aromatic carbocycles. The molecule has 0 fully saturated rings. The van der Waals surface area contributed by atoms with Gasteiger partial charge in [0.25, 0.3) is 0 Å². The first-order valence-electron chi connectivity index (χ1n) is 0.567. The topological polar surface area (TPSA) is 115 Å². The molecule has 0 saturated carbocycles. The maximum absolute atomic E-state index is 7.00. The van der Waals surface area contributed by atoms with E-state index in [1.807, 2.05) is 0 Å². The van der Waals surface area contributed by atoms with Crippen LogP contribution in [0.4, 0.5) is 0 Å². The fourth-order valence-electron chi connectivity index (χ4n) is 0. The van der Waals surface area contributed by atoms with E-state index in [1.165, 1.54) is 0 Å². The molecule has 7 heteroatoms. The monoisotopic (exact) mass is 375 g/mol. The summed E-state index contributed by atoms with van der Waals surface area (Å²) in [5.74, 6) is 0. The van der Waals surface area contributed by atoms with Crippen molar-refractivity contribution >= 4 is 0 Å². The Morgan fingerprint density at radius 1 is 0.500 bits per heavy atom. The molecule has 0 bridgehead atoms. The molecule has 0 aliphatic heterocycles. The summed E-state index contributed by atoms with van der Waals surface area (Å²) in [4.78, 5) is 14.0. The molecule has 0 spiro atoms. The van der Waals surface area contributed by atoms with E-state index >= 15 is 0 Å². The third-order valence-corrected chi connectivity index (χ3v) is 0. The van der Waals surface area contributed by atoms with Gasteiger partial charge in [0.15, 0.2) is 0 Å². The second-order valence-electron chi connectivity index (χ2n) is 0. The van der Waals surface area contributed by atoms with Crippen molar-refractivity contribution in [2.45, 2.75) is 37.1 Å². The average Bonchev–Trinajstić information content (AvgIpc) is 1.81. The Kier molecular flexibility index (Phi) is 887000. The minimum atomic E-state index is 0. The molecule has 0 aromatic heterocycles. The summed E-state index contributed by atoms with van der Waals surface area (Å²) in [7, 11) is 0.